The molecule has 0 aromatic carbocycles. The van der Waals surface area contributed by atoms with E-state index in [1.807, 2.05) is 0 Å². The van der Waals surface area contributed by atoms with Crippen LogP contribution in [0.3, 0.4) is 0 Å². The second kappa shape index (κ2) is 10.6. The van der Waals surface area contributed by atoms with Crippen molar-refractivity contribution in [3.8, 4) is 0 Å². The summed E-state index contributed by atoms with van der Waals surface area (Å²) in [5, 5.41) is 7.09. The van der Waals surface area contributed by atoms with Gasteiger partial charge in [-0.1, -0.05) is 12.8 Å². The van der Waals surface area contributed by atoms with E-state index in [9.17, 15) is 0 Å². The molecular weight excluding hydrogens is 396 g/mol. The molecule has 3 saturated heterocycles. The highest BCUT2D eigenvalue weighted by atomic mass is 32.1. The van der Waals surface area contributed by atoms with Gasteiger partial charge in [0.15, 0.2) is 5.11 Å². The summed E-state index contributed by atoms with van der Waals surface area (Å²) in [6, 6.07) is 2.68. The van der Waals surface area contributed by atoms with Crippen LogP contribution in [0.5, 0.6) is 0 Å². The number of nitrogens with one attached hydrogen (secondary N) is 2. The Hall–Kier alpha value is -1.67. The van der Waals surface area contributed by atoms with Gasteiger partial charge in [0.25, 0.3) is 0 Å². The summed E-state index contributed by atoms with van der Waals surface area (Å²) >= 11 is 5.53. The van der Waals surface area contributed by atoms with Crippen molar-refractivity contribution in [2.45, 2.75) is 76.9 Å². The van der Waals surface area contributed by atoms with Crippen LogP contribution in [-0.4, -0.2) is 60.0 Å². The van der Waals surface area contributed by atoms with E-state index < -0.39 is 0 Å². The zero-order valence-corrected chi connectivity index (χ0v) is 19.1. The fraction of sp³-hybridized carbons (Fsp3) is 0.773. The summed E-state index contributed by atoms with van der Waals surface area (Å²) in [5.41, 5.74) is 0. The maximum absolute atomic E-state index is 5.68. The summed E-state index contributed by atoms with van der Waals surface area (Å²) in [6.45, 7) is 7.06. The van der Waals surface area contributed by atoms with Crippen molar-refractivity contribution in [1.82, 2.24) is 15.3 Å². The van der Waals surface area contributed by atoms with Gasteiger partial charge in [-0.15, -0.1) is 0 Å². The van der Waals surface area contributed by atoms with E-state index >= 15 is 0 Å². The predicted molar refractivity (Wildman–Crippen MR) is 127 cm³/mol. The molecule has 3 aliphatic heterocycles. The largest absolute Gasteiger partial charge is 0.376 e. The molecule has 0 saturated carbocycles. The number of rotatable bonds is 5. The van der Waals surface area contributed by atoms with Crippen LogP contribution < -0.4 is 20.4 Å². The zero-order valence-electron chi connectivity index (χ0n) is 18.2. The first-order valence-corrected chi connectivity index (χ1v) is 12.2. The van der Waals surface area contributed by atoms with Gasteiger partial charge in [-0.2, -0.15) is 9.97 Å². The molecule has 0 unspecified atom stereocenters. The lowest BCUT2D eigenvalue weighted by molar-refractivity contribution is 0.114. The van der Waals surface area contributed by atoms with E-state index in [1.165, 1.54) is 44.9 Å². The lowest BCUT2D eigenvalue weighted by Gasteiger charge is -2.35. The summed E-state index contributed by atoms with van der Waals surface area (Å²) in [5.74, 6) is 2.62. The van der Waals surface area contributed by atoms with Gasteiger partial charge in [-0.05, 0) is 64.1 Å². The van der Waals surface area contributed by atoms with Gasteiger partial charge in [0.1, 0.15) is 11.6 Å². The van der Waals surface area contributed by atoms with Crippen molar-refractivity contribution < 1.29 is 4.74 Å². The number of anilines is 3. The van der Waals surface area contributed by atoms with Crippen LogP contribution in [0.25, 0.3) is 0 Å². The molecule has 1 aromatic heterocycles. The summed E-state index contributed by atoms with van der Waals surface area (Å²) < 4.78 is 5.68. The number of hydrogen-bond donors (Lipinski definition) is 2. The number of nitrogens with zero attached hydrogens (tertiary/aromatic N) is 4. The Balaban J connectivity index is 1.50. The number of thiocarbonyl (C=S) groups is 1. The molecule has 0 bridgehead atoms. The molecule has 4 rings (SSSR count). The topological polar surface area (TPSA) is 65.5 Å². The third-order valence-electron chi connectivity index (χ3n) is 6.47. The van der Waals surface area contributed by atoms with Crippen LogP contribution in [0.1, 0.15) is 64.7 Å². The highest BCUT2D eigenvalue weighted by Gasteiger charge is 2.23. The Morgan fingerprint density at radius 2 is 1.80 bits per heavy atom. The Labute approximate surface area is 186 Å². The molecule has 2 atom stereocenters. The molecule has 0 radical (unpaired) electrons. The quantitative estimate of drug-likeness (QED) is 0.683. The molecule has 3 aliphatic rings. The molecule has 30 heavy (non-hydrogen) atoms. The molecule has 3 fully saturated rings. The van der Waals surface area contributed by atoms with Crippen LogP contribution in [0.2, 0.25) is 0 Å². The fourth-order valence-corrected chi connectivity index (χ4v) is 4.86. The molecule has 0 aliphatic carbocycles. The summed E-state index contributed by atoms with van der Waals surface area (Å²) in [7, 11) is 0. The Bertz CT molecular complexity index is 703. The minimum Gasteiger partial charge on any atom is -0.376 e. The smallest absolute Gasteiger partial charge is 0.232 e. The minimum atomic E-state index is 0.249. The molecule has 7 nitrogen and oxygen atoms in total. The van der Waals surface area contributed by atoms with E-state index in [4.69, 9.17) is 26.9 Å². The van der Waals surface area contributed by atoms with Gasteiger partial charge in [0.05, 0.1) is 6.10 Å². The summed E-state index contributed by atoms with van der Waals surface area (Å²) in [4.78, 5) is 14.6. The Morgan fingerprint density at radius 1 is 1.03 bits per heavy atom. The number of hydrogen-bond acceptors (Lipinski definition) is 6. The second-order valence-corrected chi connectivity index (χ2v) is 9.23. The van der Waals surface area contributed by atoms with Crippen molar-refractivity contribution in [2.24, 2.45) is 0 Å². The Morgan fingerprint density at radius 3 is 2.53 bits per heavy atom. The highest BCUT2D eigenvalue weighted by molar-refractivity contribution is 7.80. The first-order chi connectivity index (χ1) is 14.7. The third-order valence-corrected chi connectivity index (χ3v) is 6.71. The van der Waals surface area contributed by atoms with E-state index in [2.05, 4.69) is 33.4 Å². The normalized spacial score (nSPS) is 25.1. The van der Waals surface area contributed by atoms with E-state index in [0.717, 1.165) is 57.3 Å². The number of ether oxygens (including phenoxy) is 1. The molecule has 2 N–H and O–H groups in total. The van der Waals surface area contributed by atoms with Crippen molar-refractivity contribution >= 4 is 34.9 Å². The Kier molecular flexibility index (Phi) is 7.60. The monoisotopic (exact) mass is 432 g/mol. The van der Waals surface area contributed by atoms with Gasteiger partial charge in [0, 0.05) is 44.9 Å². The lowest BCUT2D eigenvalue weighted by atomic mass is 10.0. The van der Waals surface area contributed by atoms with Crippen molar-refractivity contribution in [3.05, 3.63) is 6.07 Å². The van der Waals surface area contributed by atoms with Crippen LogP contribution in [0.15, 0.2) is 6.07 Å². The van der Waals surface area contributed by atoms with Crippen LogP contribution in [0.4, 0.5) is 17.6 Å². The SMILES string of the molecule is C[C@@H]1CCCCN1c1cc(N2CCCCCC2)nc(NC(=S)NC[C@@H]2CCCO2)n1. The molecule has 0 amide bonds. The van der Waals surface area contributed by atoms with Crippen molar-refractivity contribution in [2.75, 3.05) is 47.9 Å². The van der Waals surface area contributed by atoms with Crippen molar-refractivity contribution in [3.63, 3.8) is 0 Å². The molecule has 4 heterocycles. The maximum Gasteiger partial charge on any atom is 0.232 e. The second-order valence-electron chi connectivity index (χ2n) is 8.82. The molecule has 8 heteroatoms. The molecule has 166 valence electrons. The molecule has 0 spiro atoms. The molecular formula is C22H36N6OS. The standard InChI is InChI=1S/C22H36N6OS/c1-17-9-4-7-13-28(17)20-15-19(27-11-5-2-3-6-12-27)24-21(25-20)26-22(30)23-16-18-10-8-14-29-18/h15,17-18H,2-14,16H2,1H3,(H2,23,24,25,26,30)/t17-,18+/m1/s1. The zero-order chi connectivity index (χ0) is 20.8. The van der Waals surface area contributed by atoms with E-state index in [0.29, 0.717) is 17.1 Å². The first-order valence-electron chi connectivity index (χ1n) is 11.8. The van der Waals surface area contributed by atoms with Gasteiger partial charge < -0.3 is 25.2 Å². The van der Waals surface area contributed by atoms with Crippen LogP contribution >= 0.6 is 12.2 Å². The minimum absolute atomic E-state index is 0.249. The van der Waals surface area contributed by atoms with Crippen LogP contribution in [-0.2, 0) is 4.74 Å². The lowest BCUT2D eigenvalue weighted by Crippen LogP contribution is -2.39. The van der Waals surface area contributed by atoms with E-state index in [-0.39, 0.29) is 6.10 Å². The summed E-state index contributed by atoms with van der Waals surface area (Å²) in [6.07, 6.45) is 11.3. The van der Waals surface area contributed by atoms with Gasteiger partial charge in [-0.3, -0.25) is 0 Å². The third kappa shape index (κ3) is 5.72. The first kappa shape index (κ1) is 21.6. The average Bonchev–Trinajstić information content (AvgIpc) is 3.12. The van der Waals surface area contributed by atoms with Gasteiger partial charge in [0.2, 0.25) is 5.95 Å². The van der Waals surface area contributed by atoms with Crippen molar-refractivity contribution in [1.29, 1.82) is 0 Å². The van der Waals surface area contributed by atoms with E-state index in [1.54, 1.807) is 0 Å². The average molecular weight is 433 g/mol. The highest BCUT2D eigenvalue weighted by Crippen LogP contribution is 2.28. The molecule has 1 aromatic rings. The number of aromatic nitrogens is 2. The maximum atomic E-state index is 5.68. The van der Waals surface area contributed by atoms with Gasteiger partial charge >= 0.3 is 0 Å². The number of piperidine rings is 1. The predicted octanol–water partition coefficient (Wildman–Crippen LogP) is 3.70. The fourth-order valence-electron chi connectivity index (χ4n) is 4.68. The van der Waals surface area contributed by atoms with Gasteiger partial charge in [-0.25, -0.2) is 0 Å². The van der Waals surface area contributed by atoms with Crippen LogP contribution in [0, 0.1) is 0 Å².